The van der Waals surface area contributed by atoms with Crippen molar-refractivity contribution in [1.82, 2.24) is 15.1 Å². The molecule has 0 unspecified atom stereocenters. The van der Waals surface area contributed by atoms with Crippen molar-refractivity contribution in [2.24, 2.45) is 11.1 Å². The van der Waals surface area contributed by atoms with Gasteiger partial charge >= 0.3 is 0 Å². The number of nitrogens with zero attached hydrogens (tertiary/aromatic N) is 2. The minimum absolute atomic E-state index is 0.182. The van der Waals surface area contributed by atoms with E-state index in [-0.39, 0.29) is 11.3 Å². The Labute approximate surface area is 116 Å². The lowest BCUT2D eigenvalue weighted by molar-refractivity contribution is -0.130. The maximum atomic E-state index is 12.3. The molecule has 2 fully saturated rings. The summed E-state index contributed by atoms with van der Waals surface area (Å²) in [7, 11) is 2.16. The summed E-state index contributed by atoms with van der Waals surface area (Å²) in [4.78, 5) is 17.0. The van der Waals surface area contributed by atoms with Crippen LogP contribution in [-0.4, -0.2) is 68.6 Å². The van der Waals surface area contributed by atoms with Crippen molar-refractivity contribution in [2.45, 2.75) is 25.7 Å². The van der Waals surface area contributed by atoms with E-state index in [0.29, 0.717) is 6.54 Å². The van der Waals surface area contributed by atoms with E-state index in [9.17, 15) is 4.79 Å². The van der Waals surface area contributed by atoms with Gasteiger partial charge in [0.15, 0.2) is 0 Å². The molecule has 0 spiro atoms. The molecule has 19 heavy (non-hydrogen) atoms. The molecule has 0 aromatic heterocycles. The lowest BCUT2D eigenvalue weighted by Crippen LogP contribution is -2.49. The Morgan fingerprint density at radius 1 is 1.21 bits per heavy atom. The molecule has 1 saturated carbocycles. The van der Waals surface area contributed by atoms with Gasteiger partial charge in [0.05, 0.1) is 5.41 Å². The molecule has 0 radical (unpaired) electrons. The lowest BCUT2D eigenvalue weighted by Gasteiger charge is -2.33. The predicted molar refractivity (Wildman–Crippen MR) is 76.9 cm³/mol. The first-order chi connectivity index (χ1) is 9.16. The summed E-state index contributed by atoms with van der Waals surface area (Å²) in [6.07, 6.45) is 4.21. The summed E-state index contributed by atoms with van der Waals surface area (Å²) >= 11 is 0. The van der Waals surface area contributed by atoms with Crippen molar-refractivity contribution >= 4 is 5.91 Å². The highest BCUT2D eigenvalue weighted by atomic mass is 16.2. The fourth-order valence-corrected chi connectivity index (χ4v) is 3.16. The second kappa shape index (κ2) is 6.68. The van der Waals surface area contributed by atoms with Crippen LogP contribution in [0.1, 0.15) is 25.7 Å². The van der Waals surface area contributed by atoms with Crippen LogP contribution in [0.2, 0.25) is 0 Å². The maximum absolute atomic E-state index is 12.3. The minimum atomic E-state index is -0.262. The molecule has 2 rings (SSSR count). The third kappa shape index (κ3) is 3.68. The number of amides is 1. The van der Waals surface area contributed by atoms with E-state index in [1.54, 1.807) is 0 Å². The van der Waals surface area contributed by atoms with Crippen LogP contribution in [0.25, 0.3) is 0 Å². The summed E-state index contributed by atoms with van der Waals surface area (Å²) in [6, 6.07) is 0. The van der Waals surface area contributed by atoms with Crippen LogP contribution < -0.4 is 11.1 Å². The molecule has 1 aliphatic carbocycles. The summed E-state index contributed by atoms with van der Waals surface area (Å²) in [5, 5.41) is 3.10. The van der Waals surface area contributed by atoms with Gasteiger partial charge in [-0.1, -0.05) is 12.8 Å². The van der Waals surface area contributed by atoms with E-state index in [0.717, 1.165) is 65.0 Å². The largest absolute Gasteiger partial charge is 0.354 e. The monoisotopic (exact) mass is 268 g/mol. The number of rotatable bonds is 5. The second-order valence-corrected chi connectivity index (χ2v) is 6.09. The zero-order chi connectivity index (χ0) is 13.7. The number of piperazine rings is 1. The van der Waals surface area contributed by atoms with Gasteiger partial charge in [0, 0.05) is 45.8 Å². The first kappa shape index (κ1) is 14.8. The molecule has 2 aliphatic rings. The minimum Gasteiger partial charge on any atom is -0.354 e. The molecule has 1 amide bonds. The van der Waals surface area contributed by atoms with Gasteiger partial charge in [-0.25, -0.2) is 0 Å². The van der Waals surface area contributed by atoms with Crippen molar-refractivity contribution < 1.29 is 4.79 Å². The molecule has 5 nitrogen and oxygen atoms in total. The molecule has 0 aromatic carbocycles. The summed E-state index contributed by atoms with van der Waals surface area (Å²) in [6.45, 7) is 6.67. The molecular formula is C14H28N4O. The zero-order valence-electron chi connectivity index (χ0n) is 12.2. The van der Waals surface area contributed by atoms with Crippen molar-refractivity contribution in [3.8, 4) is 0 Å². The Balaban J connectivity index is 1.69. The molecular weight excluding hydrogens is 240 g/mol. The molecule has 0 aromatic rings. The van der Waals surface area contributed by atoms with Crippen molar-refractivity contribution in [3.63, 3.8) is 0 Å². The van der Waals surface area contributed by atoms with Crippen LogP contribution in [-0.2, 0) is 4.79 Å². The fourth-order valence-electron chi connectivity index (χ4n) is 3.16. The molecule has 1 saturated heterocycles. The van der Waals surface area contributed by atoms with Crippen LogP contribution in [0.3, 0.4) is 0 Å². The maximum Gasteiger partial charge on any atom is 0.227 e. The van der Waals surface area contributed by atoms with Gasteiger partial charge in [0.25, 0.3) is 0 Å². The van der Waals surface area contributed by atoms with E-state index >= 15 is 0 Å². The van der Waals surface area contributed by atoms with Gasteiger partial charge < -0.3 is 16.0 Å². The predicted octanol–water partition coefficient (Wildman–Crippen LogP) is -0.131. The Morgan fingerprint density at radius 2 is 1.84 bits per heavy atom. The number of likely N-dealkylation sites (N-methyl/N-ethyl adjacent to an activating group) is 1. The number of hydrogen-bond donors (Lipinski definition) is 2. The molecule has 0 bridgehead atoms. The van der Waals surface area contributed by atoms with Crippen molar-refractivity contribution in [2.75, 3.05) is 52.9 Å². The zero-order valence-corrected chi connectivity index (χ0v) is 12.2. The number of carbonyl (C=O) groups is 1. The average molecular weight is 268 g/mol. The molecule has 0 atom stereocenters. The first-order valence-corrected chi connectivity index (χ1v) is 7.55. The smallest absolute Gasteiger partial charge is 0.227 e. The molecule has 1 aliphatic heterocycles. The Kier molecular flexibility index (Phi) is 5.19. The van der Waals surface area contributed by atoms with Gasteiger partial charge in [0.1, 0.15) is 0 Å². The Morgan fingerprint density at radius 3 is 2.42 bits per heavy atom. The van der Waals surface area contributed by atoms with Gasteiger partial charge in [-0.3, -0.25) is 9.69 Å². The summed E-state index contributed by atoms with van der Waals surface area (Å²) in [5.41, 5.74) is 5.56. The number of carbonyl (C=O) groups excluding carboxylic acids is 1. The molecule has 110 valence electrons. The number of nitrogens with one attached hydrogen (secondary N) is 1. The van der Waals surface area contributed by atoms with E-state index in [2.05, 4.69) is 22.2 Å². The van der Waals surface area contributed by atoms with Gasteiger partial charge in [-0.05, 0) is 19.9 Å². The van der Waals surface area contributed by atoms with Crippen LogP contribution in [0.5, 0.6) is 0 Å². The van der Waals surface area contributed by atoms with E-state index in [4.69, 9.17) is 5.73 Å². The summed E-state index contributed by atoms with van der Waals surface area (Å²) < 4.78 is 0. The van der Waals surface area contributed by atoms with Crippen LogP contribution in [0, 0.1) is 5.41 Å². The van der Waals surface area contributed by atoms with Crippen LogP contribution in [0.15, 0.2) is 0 Å². The van der Waals surface area contributed by atoms with E-state index in [1.165, 1.54) is 0 Å². The third-order valence-electron chi connectivity index (χ3n) is 4.74. The molecule has 3 N–H and O–H groups in total. The SMILES string of the molecule is CN1CCN(CCNC(=O)C2(CN)CCCC2)CC1. The highest BCUT2D eigenvalue weighted by molar-refractivity contribution is 5.83. The van der Waals surface area contributed by atoms with Crippen LogP contribution >= 0.6 is 0 Å². The Hall–Kier alpha value is -0.650. The van der Waals surface area contributed by atoms with Crippen molar-refractivity contribution in [1.29, 1.82) is 0 Å². The second-order valence-electron chi connectivity index (χ2n) is 6.09. The van der Waals surface area contributed by atoms with Gasteiger partial charge in [-0.2, -0.15) is 0 Å². The first-order valence-electron chi connectivity index (χ1n) is 7.55. The molecule has 1 heterocycles. The number of hydrogen-bond acceptors (Lipinski definition) is 4. The topological polar surface area (TPSA) is 61.6 Å². The summed E-state index contributed by atoms with van der Waals surface area (Å²) in [5.74, 6) is 0.182. The lowest BCUT2D eigenvalue weighted by atomic mass is 9.85. The molecule has 5 heteroatoms. The Bertz CT molecular complexity index is 294. The van der Waals surface area contributed by atoms with Crippen LogP contribution in [0.4, 0.5) is 0 Å². The van der Waals surface area contributed by atoms with Gasteiger partial charge in [-0.15, -0.1) is 0 Å². The van der Waals surface area contributed by atoms with E-state index in [1.807, 2.05) is 0 Å². The fraction of sp³-hybridized carbons (Fsp3) is 0.929. The number of nitrogens with two attached hydrogens (primary N) is 1. The highest BCUT2D eigenvalue weighted by Gasteiger charge is 2.39. The van der Waals surface area contributed by atoms with E-state index < -0.39 is 0 Å². The van der Waals surface area contributed by atoms with Crippen molar-refractivity contribution in [3.05, 3.63) is 0 Å². The standard InChI is InChI=1S/C14H28N4O/c1-17-8-10-18(11-9-17)7-6-16-13(19)14(12-15)4-2-3-5-14/h2-12,15H2,1H3,(H,16,19). The van der Waals surface area contributed by atoms with Gasteiger partial charge in [0.2, 0.25) is 5.91 Å². The quantitative estimate of drug-likeness (QED) is 0.729. The average Bonchev–Trinajstić information content (AvgIpc) is 2.91. The normalized spacial score (nSPS) is 24.5. The highest BCUT2D eigenvalue weighted by Crippen LogP contribution is 2.37. The third-order valence-corrected chi connectivity index (χ3v) is 4.74.